The zero-order valence-corrected chi connectivity index (χ0v) is 67.1. The SMILES string of the molecule is CCCCCCCCCCCCCCCCCCCCCCCCC(=O)O[C@H](COC(=O)CCCCCCCCCCCCCCCCCCCCC)COP(=O)(O)OC[C@@H](O)COP(=O)(O)OC[C@@H](COC(=O)CCCCCCCCCC)OC(=O)CCCCCCCCCCC(C)C. The number of phosphoric ester groups is 2. The maximum absolute atomic E-state index is 13.1. The lowest BCUT2D eigenvalue weighted by atomic mass is 10.0. The topological polar surface area (TPSA) is 237 Å². The van der Waals surface area contributed by atoms with Crippen molar-refractivity contribution in [2.45, 2.75) is 451 Å². The number of phosphoric acid groups is 2. The first kappa shape index (κ1) is 98.1. The normalized spacial score (nSPS) is 13.8. The highest BCUT2D eigenvalue weighted by molar-refractivity contribution is 7.47. The van der Waals surface area contributed by atoms with Gasteiger partial charge in [-0.2, -0.15) is 0 Å². The van der Waals surface area contributed by atoms with E-state index < -0.39 is 97.5 Å². The van der Waals surface area contributed by atoms with Gasteiger partial charge >= 0.3 is 39.5 Å². The molecule has 2 unspecified atom stereocenters. The van der Waals surface area contributed by atoms with Crippen molar-refractivity contribution in [2.24, 2.45) is 5.92 Å². The molecule has 5 atom stereocenters. The number of hydrogen-bond acceptors (Lipinski definition) is 15. The Morgan fingerprint density at radius 1 is 0.270 bits per heavy atom. The van der Waals surface area contributed by atoms with Gasteiger partial charge in [-0.3, -0.25) is 37.3 Å². The second-order valence-corrected chi connectivity index (χ2v) is 32.5. The van der Waals surface area contributed by atoms with Crippen LogP contribution in [0.3, 0.4) is 0 Å². The van der Waals surface area contributed by atoms with Crippen LogP contribution in [0.25, 0.3) is 0 Å². The second-order valence-electron chi connectivity index (χ2n) is 29.6. The number of rotatable bonds is 81. The standard InChI is InChI=1S/C81H158O17P2/c1-6-9-12-15-18-21-23-25-27-29-31-32-33-35-37-39-41-43-45-51-56-61-66-80(85)97-77(71-92-79(84)65-60-55-50-44-42-40-38-36-34-30-28-26-24-22-19-16-13-10-7-2)73-96-100(89,90)94-69-75(82)68-93-99(87,88)95-72-76(70-91-78(83)64-59-54-49-20-17-14-11-8-3)98-81(86)67-62-57-52-47-46-48-53-58-63-74(4)5/h74-77,82H,6-73H2,1-5H3,(H,87,88)(H,89,90)/t75-,76+,77+/m0/s1. The zero-order chi connectivity index (χ0) is 73.4. The number of hydrogen-bond donors (Lipinski definition) is 3. The van der Waals surface area contributed by atoms with Crippen LogP contribution >= 0.6 is 15.6 Å². The van der Waals surface area contributed by atoms with Crippen LogP contribution in [0.4, 0.5) is 0 Å². The average Bonchev–Trinajstić information content (AvgIpc) is 0.939. The summed E-state index contributed by atoms with van der Waals surface area (Å²) in [5, 5.41) is 10.6. The first-order valence-electron chi connectivity index (χ1n) is 42.1. The monoisotopic (exact) mass is 1470 g/mol. The molecule has 100 heavy (non-hydrogen) atoms. The van der Waals surface area contributed by atoms with Gasteiger partial charge in [0.2, 0.25) is 0 Å². The Morgan fingerprint density at radius 3 is 0.680 bits per heavy atom. The molecule has 0 rings (SSSR count). The molecular formula is C81H158O17P2. The molecule has 0 bridgehead atoms. The molecule has 0 saturated carbocycles. The molecule has 17 nitrogen and oxygen atoms in total. The van der Waals surface area contributed by atoms with E-state index in [1.165, 1.54) is 250 Å². The molecule has 594 valence electrons. The molecule has 0 aromatic rings. The van der Waals surface area contributed by atoms with Crippen LogP contribution in [-0.4, -0.2) is 96.7 Å². The van der Waals surface area contributed by atoms with Crippen LogP contribution in [0.2, 0.25) is 0 Å². The number of aliphatic hydroxyl groups excluding tert-OH is 1. The number of carbonyl (C=O) groups excluding carboxylic acids is 4. The van der Waals surface area contributed by atoms with Gasteiger partial charge in [0.15, 0.2) is 12.2 Å². The van der Waals surface area contributed by atoms with Crippen molar-refractivity contribution >= 4 is 39.5 Å². The fourth-order valence-corrected chi connectivity index (χ4v) is 14.2. The number of unbranched alkanes of at least 4 members (excludes halogenated alkanes) is 53. The van der Waals surface area contributed by atoms with Crippen molar-refractivity contribution in [3.8, 4) is 0 Å². The van der Waals surface area contributed by atoms with Crippen LogP contribution in [-0.2, 0) is 65.4 Å². The highest BCUT2D eigenvalue weighted by Gasteiger charge is 2.30. The summed E-state index contributed by atoms with van der Waals surface area (Å²) in [5.74, 6) is -1.40. The van der Waals surface area contributed by atoms with Gasteiger partial charge in [0.1, 0.15) is 19.3 Å². The van der Waals surface area contributed by atoms with E-state index in [9.17, 15) is 43.2 Å². The Balaban J connectivity index is 5.16. The van der Waals surface area contributed by atoms with Crippen molar-refractivity contribution in [3.05, 3.63) is 0 Å². The molecule has 0 aromatic heterocycles. The maximum atomic E-state index is 13.1. The molecular weight excluding hydrogens is 1310 g/mol. The van der Waals surface area contributed by atoms with Crippen molar-refractivity contribution in [1.29, 1.82) is 0 Å². The summed E-state index contributed by atoms with van der Waals surface area (Å²) in [6.45, 7) is 7.25. The van der Waals surface area contributed by atoms with E-state index in [1.807, 2.05) is 0 Å². The van der Waals surface area contributed by atoms with E-state index in [-0.39, 0.29) is 25.7 Å². The highest BCUT2D eigenvalue weighted by atomic mass is 31.2. The van der Waals surface area contributed by atoms with Crippen LogP contribution in [0, 0.1) is 5.92 Å². The van der Waals surface area contributed by atoms with E-state index in [4.69, 9.17) is 37.0 Å². The largest absolute Gasteiger partial charge is 0.472 e. The Kier molecular flexibility index (Phi) is 72.5. The van der Waals surface area contributed by atoms with Crippen LogP contribution in [0.15, 0.2) is 0 Å². The molecule has 3 N–H and O–H groups in total. The van der Waals surface area contributed by atoms with Crippen molar-refractivity contribution in [1.82, 2.24) is 0 Å². The van der Waals surface area contributed by atoms with Crippen molar-refractivity contribution in [2.75, 3.05) is 39.6 Å². The Hall–Kier alpha value is -1.94. The number of carbonyl (C=O) groups is 4. The summed E-state index contributed by atoms with van der Waals surface area (Å²) in [6, 6.07) is 0. The molecule has 0 amide bonds. The minimum absolute atomic E-state index is 0.105. The third-order valence-corrected chi connectivity index (χ3v) is 20.9. The molecule has 0 aliphatic carbocycles. The van der Waals surface area contributed by atoms with E-state index in [2.05, 4.69) is 34.6 Å². The number of esters is 4. The molecule has 0 fully saturated rings. The Bertz CT molecular complexity index is 1910. The first-order chi connectivity index (χ1) is 48.5. The fraction of sp³-hybridized carbons (Fsp3) is 0.951. The quantitative estimate of drug-likeness (QED) is 0.0222. The first-order valence-corrected chi connectivity index (χ1v) is 45.1. The van der Waals surface area contributed by atoms with Crippen molar-refractivity contribution < 1.29 is 80.2 Å². The number of aliphatic hydroxyl groups is 1. The molecule has 0 aliphatic heterocycles. The highest BCUT2D eigenvalue weighted by Crippen LogP contribution is 2.45. The smallest absolute Gasteiger partial charge is 0.462 e. The van der Waals surface area contributed by atoms with Crippen LogP contribution < -0.4 is 0 Å². The van der Waals surface area contributed by atoms with E-state index in [0.29, 0.717) is 25.7 Å². The molecule has 0 aliphatic rings. The third-order valence-electron chi connectivity index (χ3n) is 19.0. The molecule has 0 heterocycles. The minimum Gasteiger partial charge on any atom is -0.462 e. The Labute approximate surface area is 613 Å². The van der Waals surface area contributed by atoms with Crippen LogP contribution in [0.5, 0.6) is 0 Å². The minimum atomic E-state index is -4.96. The molecule has 0 spiro atoms. The summed E-state index contributed by atoms with van der Waals surface area (Å²) >= 11 is 0. The van der Waals surface area contributed by atoms with Crippen LogP contribution in [0.1, 0.15) is 433 Å². The van der Waals surface area contributed by atoms with E-state index >= 15 is 0 Å². The van der Waals surface area contributed by atoms with Gasteiger partial charge in [-0.15, -0.1) is 0 Å². The third kappa shape index (κ3) is 74.3. The second kappa shape index (κ2) is 73.9. The fourth-order valence-electron chi connectivity index (χ4n) is 12.6. The van der Waals surface area contributed by atoms with E-state index in [0.717, 1.165) is 102 Å². The molecule has 19 heteroatoms. The molecule has 0 saturated heterocycles. The predicted octanol–water partition coefficient (Wildman–Crippen LogP) is 24.4. The summed E-state index contributed by atoms with van der Waals surface area (Å²) in [5.41, 5.74) is 0. The summed E-state index contributed by atoms with van der Waals surface area (Å²) in [4.78, 5) is 72.8. The summed E-state index contributed by atoms with van der Waals surface area (Å²) < 4.78 is 68.6. The van der Waals surface area contributed by atoms with E-state index in [1.54, 1.807) is 0 Å². The van der Waals surface area contributed by atoms with Gasteiger partial charge in [0.05, 0.1) is 26.4 Å². The summed E-state index contributed by atoms with van der Waals surface area (Å²) in [6.07, 6.45) is 65.6. The summed E-state index contributed by atoms with van der Waals surface area (Å²) in [7, 11) is -9.91. The van der Waals surface area contributed by atoms with Gasteiger partial charge < -0.3 is 33.8 Å². The predicted molar refractivity (Wildman–Crippen MR) is 409 cm³/mol. The lowest BCUT2D eigenvalue weighted by Crippen LogP contribution is -2.30. The lowest BCUT2D eigenvalue weighted by molar-refractivity contribution is -0.161. The number of ether oxygens (including phenoxy) is 4. The lowest BCUT2D eigenvalue weighted by Gasteiger charge is -2.21. The maximum Gasteiger partial charge on any atom is 0.472 e. The van der Waals surface area contributed by atoms with Gasteiger partial charge in [-0.05, 0) is 31.6 Å². The van der Waals surface area contributed by atoms with Gasteiger partial charge in [-0.25, -0.2) is 9.13 Å². The van der Waals surface area contributed by atoms with Gasteiger partial charge in [-0.1, -0.05) is 381 Å². The Morgan fingerprint density at radius 2 is 0.460 bits per heavy atom. The molecule has 0 aromatic carbocycles. The van der Waals surface area contributed by atoms with Gasteiger partial charge in [0.25, 0.3) is 0 Å². The van der Waals surface area contributed by atoms with Gasteiger partial charge in [0, 0.05) is 25.7 Å². The van der Waals surface area contributed by atoms with Crippen molar-refractivity contribution in [3.63, 3.8) is 0 Å². The average molecular weight is 1470 g/mol. The molecule has 0 radical (unpaired) electrons. The zero-order valence-electron chi connectivity index (χ0n) is 65.3.